The van der Waals surface area contributed by atoms with Gasteiger partial charge in [0.15, 0.2) is 0 Å². The Morgan fingerprint density at radius 3 is 2.50 bits per heavy atom. The molecule has 0 amide bonds. The van der Waals surface area contributed by atoms with E-state index in [1.807, 2.05) is 6.92 Å². The summed E-state index contributed by atoms with van der Waals surface area (Å²) in [4.78, 5) is 22.2. The molecule has 0 spiro atoms. The highest BCUT2D eigenvalue weighted by Crippen LogP contribution is 2.37. The summed E-state index contributed by atoms with van der Waals surface area (Å²) in [7, 11) is 1.27. The van der Waals surface area contributed by atoms with Crippen LogP contribution in [0.2, 0.25) is 0 Å². The van der Waals surface area contributed by atoms with Gasteiger partial charge in [0.25, 0.3) is 0 Å². The second kappa shape index (κ2) is 3.82. The first-order chi connectivity index (χ1) is 6.49. The molecule has 1 rings (SSSR count). The lowest BCUT2D eigenvalue weighted by Gasteiger charge is -2.07. The SMILES string of the molecule is COC(=O)C1=C(C)C(C)CC1C(=O)O. The van der Waals surface area contributed by atoms with E-state index in [0.717, 1.165) is 5.57 Å². The summed E-state index contributed by atoms with van der Waals surface area (Å²) in [5, 5.41) is 8.92. The van der Waals surface area contributed by atoms with Gasteiger partial charge in [0, 0.05) is 0 Å². The van der Waals surface area contributed by atoms with Crippen molar-refractivity contribution in [2.45, 2.75) is 20.3 Å². The Balaban J connectivity index is 3.05. The Morgan fingerprint density at radius 2 is 2.07 bits per heavy atom. The predicted molar refractivity (Wildman–Crippen MR) is 49.6 cm³/mol. The minimum atomic E-state index is -0.950. The number of ether oxygens (including phenoxy) is 1. The van der Waals surface area contributed by atoms with Gasteiger partial charge < -0.3 is 9.84 Å². The first-order valence-electron chi connectivity index (χ1n) is 4.50. The highest BCUT2D eigenvalue weighted by molar-refractivity contribution is 5.96. The van der Waals surface area contributed by atoms with Crippen molar-refractivity contribution < 1.29 is 19.4 Å². The Morgan fingerprint density at radius 1 is 1.50 bits per heavy atom. The summed E-state index contributed by atoms with van der Waals surface area (Å²) >= 11 is 0. The average molecular weight is 198 g/mol. The third kappa shape index (κ3) is 1.64. The third-order valence-electron chi connectivity index (χ3n) is 2.81. The molecule has 4 nitrogen and oxygen atoms in total. The minimum absolute atomic E-state index is 0.144. The Bertz CT molecular complexity index is 303. The summed E-state index contributed by atoms with van der Waals surface area (Å²) in [5.74, 6) is -2.02. The lowest BCUT2D eigenvalue weighted by molar-refractivity contribution is -0.144. The fourth-order valence-corrected chi connectivity index (χ4v) is 1.83. The normalized spacial score (nSPS) is 26.5. The molecule has 4 heteroatoms. The van der Waals surface area contributed by atoms with Crippen molar-refractivity contribution in [3.05, 3.63) is 11.1 Å². The number of hydrogen-bond acceptors (Lipinski definition) is 3. The number of carboxylic acid groups (broad SMARTS) is 1. The molecule has 14 heavy (non-hydrogen) atoms. The standard InChI is InChI=1S/C10H14O4/c1-5-4-7(9(11)12)8(6(5)2)10(13)14-3/h5,7H,4H2,1-3H3,(H,11,12). The van der Waals surface area contributed by atoms with Crippen molar-refractivity contribution in [2.75, 3.05) is 7.11 Å². The Labute approximate surface area is 82.6 Å². The summed E-state index contributed by atoms with van der Waals surface area (Å²) in [6.07, 6.45) is 0.492. The molecule has 78 valence electrons. The number of carbonyl (C=O) groups excluding carboxylic acids is 1. The van der Waals surface area contributed by atoms with Crippen LogP contribution in [0.15, 0.2) is 11.1 Å². The van der Waals surface area contributed by atoms with Crippen LogP contribution in [0, 0.1) is 11.8 Å². The summed E-state index contributed by atoms with van der Waals surface area (Å²) in [6.45, 7) is 3.71. The molecular weight excluding hydrogens is 184 g/mol. The molecule has 1 N–H and O–H groups in total. The maximum atomic E-state index is 11.3. The zero-order valence-electron chi connectivity index (χ0n) is 8.53. The van der Waals surface area contributed by atoms with E-state index in [4.69, 9.17) is 5.11 Å². The summed E-state index contributed by atoms with van der Waals surface area (Å²) < 4.78 is 4.57. The van der Waals surface area contributed by atoms with E-state index in [9.17, 15) is 9.59 Å². The topological polar surface area (TPSA) is 63.6 Å². The van der Waals surface area contributed by atoms with Crippen LogP contribution in [0.1, 0.15) is 20.3 Å². The number of esters is 1. The number of carbonyl (C=O) groups is 2. The lowest BCUT2D eigenvalue weighted by Crippen LogP contribution is -2.19. The molecule has 2 atom stereocenters. The van der Waals surface area contributed by atoms with Gasteiger partial charge in [-0.25, -0.2) is 4.79 Å². The highest BCUT2D eigenvalue weighted by atomic mass is 16.5. The molecule has 0 saturated heterocycles. The lowest BCUT2D eigenvalue weighted by atomic mass is 10.0. The molecule has 0 aliphatic heterocycles. The third-order valence-corrected chi connectivity index (χ3v) is 2.81. The summed E-state index contributed by atoms with van der Waals surface area (Å²) in [6, 6.07) is 0. The molecular formula is C10H14O4. The van der Waals surface area contributed by atoms with E-state index in [1.54, 1.807) is 6.92 Å². The van der Waals surface area contributed by atoms with Crippen LogP contribution in [-0.4, -0.2) is 24.2 Å². The molecule has 0 aromatic heterocycles. The fourth-order valence-electron chi connectivity index (χ4n) is 1.83. The van der Waals surface area contributed by atoms with E-state index in [1.165, 1.54) is 7.11 Å². The molecule has 0 heterocycles. The molecule has 1 aliphatic rings. The Hall–Kier alpha value is -1.32. The van der Waals surface area contributed by atoms with Crippen LogP contribution in [0.3, 0.4) is 0 Å². The number of methoxy groups -OCH3 is 1. The second-order valence-corrected chi connectivity index (χ2v) is 3.62. The van der Waals surface area contributed by atoms with Crippen LogP contribution in [-0.2, 0) is 14.3 Å². The van der Waals surface area contributed by atoms with E-state index >= 15 is 0 Å². The van der Waals surface area contributed by atoms with Crippen molar-refractivity contribution in [3.8, 4) is 0 Å². The van der Waals surface area contributed by atoms with Crippen molar-refractivity contribution in [3.63, 3.8) is 0 Å². The first-order valence-corrected chi connectivity index (χ1v) is 4.50. The van der Waals surface area contributed by atoms with Gasteiger partial charge in [-0.3, -0.25) is 4.79 Å². The van der Waals surface area contributed by atoms with Crippen molar-refractivity contribution in [2.24, 2.45) is 11.8 Å². The van der Waals surface area contributed by atoms with E-state index in [2.05, 4.69) is 4.74 Å². The van der Waals surface area contributed by atoms with Gasteiger partial charge in [0.1, 0.15) is 0 Å². The van der Waals surface area contributed by atoms with Crippen LogP contribution < -0.4 is 0 Å². The molecule has 0 aromatic carbocycles. The van der Waals surface area contributed by atoms with Crippen LogP contribution in [0.4, 0.5) is 0 Å². The monoisotopic (exact) mass is 198 g/mol. The van der Waals surface area contributed by atoms with Crippen molar-refractivity contribution in [1.29, 1.82) is 0 Å². The molecule has 0 radical (unpaired) electrons. The zero-order chi connectivity index (χ0) is 10.9. The van der Waals surface area contributed by atoms with Crippen molar-refractivity contribution >= 4 is 11.9 Å². The quantitative estimate of drug-likeness (QED) is 0.677. The maximum absolute atomic E-state index is 11.3. The predicted octanol–water partition coefficient (Wildman–Crippen LogP) is 1.22. The molecule has 0 fully saturated rings. The second-order valence-electron chi connectivity index (χ2n) is 3.62. The number of allylic oxidation sites excluding steroid dienone is 1. The van der Waals surface area contributed by atoms with Crippen LogP contribution in [0.5, 0.6) is 0 Å². The van der Waals surface area contributed by atoms with Gasteiger partial charge in [-0.1, -0.05) is 12.5 Å². The molecule has 0 saturated carbocycles. The van der Waals surface area contributed by atoms with Crippen LogP contribution >= 0.6 is 0 Å². The number of hydrogen-bond donors (Lipinski definition) is 1. The van der Waals surface area contributed by atoms with E-state index in [0.29, 0.717) is 12.0 Å². The van der Waals surface area contributed by atoms with Gasteiger partial charge in [-0.15, -0.1) is 0 Å². The van der Waals surface area contributed by atoms with Gasteiger partial charge >= 0.3 is 11.9 Å². The highest BCUT2D eigenvalue weighted by Gasteiger charge is 2.37. The minimum Gasteiger partial charge on any atom is -0.481 e. The average Bonchev–Trinajstić information content (AvgIpc) is 2.43. The zero-order valence-corrected chi connectivity index (χ0v) is 8.53. The van der Waals surface area contributed by atoms with E-state index < -0.39 is 17.9 Å². The number of aliphatic carboxylic acids is 1. The molecule has 0 aromatic rings. The fraction of sp³-hybridized carbons (Fsp3) is 0.600. The maximum Gasteiger partial charge on any atom is 0.334 e. The largest absolute Gasteiger partial charge is 0.481 e. The van der Waals surface area contributed by atoms with Crippen LogP contribution in [0.25, 0.3) is 0 Å². The van der Waals surface area contributed by atoms with Gasteiger partial charge in [-0.05, 0) is 19.3 Å². The molecule has 0 bridgehead atoms. The Kier molecular flexibility index (Phi) is 2.93. The van der Waals surface area contributed by atoms with Gasteiger partial charge in [0.05, 0.1) is 18.6 Å². The molecule has 2 unspecified atom stereocenters. The number of rotatable bonds is 2. The number of carboxylic acids is 1. The summed E-state index contributed by atoms with van der Waals surface area (Å²) in [5.41, 5.74) is 1.16. The molecule has 1 aliphatic carbocycles. The van der Waals surface area contributed by atoms with Gasteiger partial charge in [-0.2, -0.15) is 0 Å². The van der Waals surface area contributed by atoms with E-state index in [-0.39, 0.29) is 5.92 Å². The smallest absolute Gasteiger partial charge is 0.334 e. The first kappa shape index (κ1) is 10.8. The van der Waals surface area contributed by atoms with Gasteiger partial charge in [0.2, 0.25) is 0 Å². The van der Waals surface area contributed by atoms with Crippen molar-refractivity contribution in [1.82, 2.24) is 0 Å².